The molecule has 0 saturated heterocycles. The topological polar surface area (TPSA) is 85.1 Å². The van der Waals surface area contributed by atoms with Crippen molar-refractivity contribution in [2.75, 3.05) is 5.73 Å². The molecule has 1 aromatic carbocycles. The molecule has 0 fully saturated rings. The normalized spacial score (nSPS) is 11.6. The molecule has 0 atom stereocenters. The fourth-order valence-electron chi connectivity index (χ4n) is 1.71. The SMILES string of the molecule is Cc1ccncc1CNS(=O)(=O)c1cc(Br)c(F)cc1N. The van der Waals surface area contributed by atoms with Crippen LogP contribution in [-0.2, 0) is 16.6 Å². The summed E-state index contributed by atoms with van der Waals surface area (Å²) in [5.74, 6) is -0.616. The summed E-state index contributed by atoms with van der Waals surface area (Å²) in [6, 6.07) is 3.89. The van der Waals surface area contributed by atoms with E-state index in [1.807, 2.05) is 6.92 Å². The van der Waals surface area contributed by atoms with E-state index in [-0.39, 0.29) is 21.6 Å². The maximum atomic E-state index is 13.3. The molecule has 2 aromatic rings. The van der Waals surface area contributed by atoms with E-state index in [1.54, 1.807) is 18.5 Å². The van der Waals surface area contributed by atoms with E-state index in [0.29, 0.717) is 0 Å². The Morgan fingerprint density at radius 2 is 2.14 bits per heavy atom. The molecule has 1 heterocycles. The molecule has 2 rings (SSSR count). The third-order valence-corrected chi connectivity index (χ3v) is 5.01. The van der Waals surface area contributed by atoms with Crippen LogP contribution in [0.4, 0.5) is 10.1 Å². The minimum Gasteiger partial charge on any atom is -0.398 e. The van der Waals surface area contributed by atoms with Gasteiger partial charge in [-0.25, -0.2) is 17.5 Å². The first-order chi connectivity index (χ1) is 9.81. The van der Waals surface area contributed by atoms with Crippen LogP contribution in [0.25, 0.3) is 0 Å². The molecule has 0 aliphatic rings. The summed E-state index contributed by atoms with van der Waals surface area (Å²) >= 11 is 2.95. The Balaban J connectivity index is 2.27. The molecule has 5 nitrogen and oxygen atoms in total. The second kappa shape index (κ2) is 6.08. The minimum absolute atomic E-state index is 0.0367. The smallest absolute Gasteiger partial charge is 0.242 e. The van der Waals surface area contributed by atoms with Gasteiger partial charge >= 0.3 is 0 Å². The average molecular weight is 374 g/mol. The molecule has 0 aliphatic heterocycles. The summed E-state index contributed by atoms with van der Waals surface area (Å²) in [4.78, 5) is 3.78. The van der Waals surface area contributed by atoms with Crippen LogP contribution in [-0.4, -0.2) is 13.4 Å². The molecule has 0 spiro atoms. The molecule has 1 aromatic heterocycles. The van der Waals surface area contributed by atoms with E-state index in [4.69, 9.17) is 5.73 Å². The van der Waals surface area contributed by atoms with E-state index < -0.39 is 15.8 Å². The van der Waals surface area contributed by atoms with E-state index in [0.717, 1.165) is 23.3 Å². The lowest BCUT2D eigenvalue weighted by atomic mass is 10.2. The second-order valence-electron chi connectivity index (χ2n) is 4.43. The van der Waals surface area contributed by atoms with E-state index in [1.165, 1.54) is 0 Å². The fourth-order valence-corrected chi connectivity index (χ4v) is 3.35. The zero-order valence-electron chi connectivity index (χ0n) is 11.1. The highest BCUT2D eigenvalue weighted by Crippen LogP contribution is 2.26. The van der Waals surface area contributed by atoms with Gasteiger partial charge in [0.25, 0.3) is 0 Å². The molecule has 0 aliphatic carbocycles. The first-order valence-corrected chi connectivity index (χ1v) is 8.22. The lowest BCUT2D eigenvalue weighted by Crippen LogP contribution is -2.24. The molecule has 0 bridgehead atoms. The van der Waals surface area contributed by atoms with Gasteiger partial charge in [0.05, 0.1) is 10.2 Å². The summed E-state index contributed by atoms with van der Waals surface area (Å²) in [5.41, 5.74) is 7.10. The quantitative estimate of drug-likeness (QED) is 0.805. The Hall–Kier alpha value is -1.51. The lowest BCUT2D eigenvalue weighted by molar-refractivity contribution is 0.580. The van der Waals surface area contributed by atoms with Gasteiger partial charge < -0.3 is 5.73 Å². The van der Waals surface area contributed by atoms with Crippen molar-refractivity contribution in [1.82, 2.24) is 9.71 Å². The molecular formula is C13H13BrFN3O2S. The van der Waals surface area contributed by atoms with Crippen molar-refractivity contribution in [3.63, 3.8) is 0 Å². The van der Waals surface area contributed by atoms with Gasteiger partial charge in [0, 0.05) is 18.9 Å². The van der Waals surface area contributed by atoms with E-state index in [2.05, 4.69) is 25.6 Å². The van der Waals surface area contributed by atoms with Crippen LogP contribution in [0.2, 0.25) is 0 Å². The average Bonchev–Trinajstić information content (AvgIpc) is 2.42. The van der Waals surface area contributed by atoms with Gasteiger partial charge in [-0.2, -0.15) is 0 Å². The number of aryl methyl sites for hydroxylation is 1. The number of nitrogens with two attached hydrogens (primary N) is 1. The van der Waals surface area contributed by atoms with Gasteiger partial charge in [0.1, 0.15) is 10.7 Å². The van der Waals surface area contributed by atoms with Crippen LogP contribution in [0.15, 0.2) is 40.0 Å². The molecule has 0 radical (unpaired) electrons. The largest absolute Gasteiger partial charge is 0.398 e. The zero-order valence-corrected chi connectivity index (χ0v) is 13.5. The van der Waals surface area contributed by atoms with Crippen molar-refractivity contribution in [3.8, 4) is 0 Å². The second-order valence-corrected chi connectivity index (χ2v) is 7.02. The van der Waals surface area contributed by atoms with Gasteiger partial charge in [-0.05, 0) is 52.2 Å². The number of nitrogens with one attached hydrogen (secondary N) is 1. The van der Waals surface area contributed by atoms with Crippen LogP contribution in [0.5, 0.6) is 0 Å². The third kappa shape index (κ3) is 3.58. The van der Waals surface area contributed by atoms with Gasteiger partial charge in [-0.3, -0.25) is 4.98 Å². The van der Waals surface area contributed by atoms with E-state index >= 15 is 0 Å². The van der Waals surface area contributed by atoms with Crippen LogP contribution >= 0.6 is 15.9 Å². The predicted molar refractivity (Wildman–Crippen MR) is 81.5 cm³/mol. The van der Waals surface area contributed by atoms with Crippen LogP contribution in [0.3, 0.4) is 0 Å². The number of sulfonamides is 1. The number of benzene rings is 1. The number of hydrogen-bond donors (Lipinski definition) is 2. The number of nitrogens with zero attached hydrogens (tertiary/aromatic N) is 1. The number of pyridine rings is 1. The van der Waals surface area contributed by atoms with Gasteiger partial charge in [0.2, 0.25) is 10.0 Å². The highest BCUT2D eigenvalue weighted by atomic mass is 79.9. The maximum Gasteiger partial charge on any atom is 0.242 e. The number of halogens is 2. The summed E-state index contributed by atoms with van der Waals surface area (Å²) < 4.78 is 40.3. The van der Waals surface area contributed by atoms with Crippen LogP contribution in [0, 0.1) is 12.7 Å². The highest BCUT2D eigenvalue weighted by molar-refractivity contribution is 9.10. The molecule has 0 saturated carbocycles. The Kier molecular flexibility index (Phi) is 4.60. The molecule has 8 heteroatoms. The first kappa shape index (κ1) is 15.9. The number of hydrogen-bond acceptors (Lipinski definition) is 4. The van der Waals surface area contributed by atoms with Crippen LogP contribution < -0.4 is 10.5 Å². The maximum absolute atomic E-state index is 13.3. The monoisotopic (exact) mass is 373 g/mol. The summed E-state index contributed by atoms with van der Waals surface area (Å²) in [6.45, 7) is 1.94. The molecular weight excluding hydrogens is 361 g/mol. The number of anilines is 1. The summed E-state index contributed by atoms with van der Waals surface area (Å²) in [6.07, 6.45) is 3.21. The highest BCUT2D eigenvalue weighted by Gasteiger charge is 2.19. The molecule has 3 N–H and O–H groups in total. The predicted octanol–water partition coefficient (Wildman–Crippen LogP) is 2.35. The first-order valence-electron chi connectivity index (χ1n) is 5.95. The third-order valence-electron chi connectivity index (χ3n) is 2.94. The Morgan fingerprint density at radius 1 is 1.43 bits per heavy atom. The summed E-state index contributed by atoms with van der Waals surface area (Å²) in [7, 11) is -3.84. The summed E-state index contributed by atoms with van der Waals surface area (Å²) in [5, 5.41) is 0. The molecule has 0 amide bonds. The van der Waals surface area contributed by atoms with Crippen molar-refractivity contribution in [2.24, 2.45) is 0 Å². The van der Waals surface area contributed by atoms with Crippen molar-refractivity contribution in [1.29, 1.82) is 0 Å². The number of aromatic nitrogens is 1. The van der Waals surface area contributed by atoms with Crippen LogP contribution in [0.1, 0.15) is 11.1 Å². The van der Waals surface area contributed by atoms with Gasteiger partial charge in [0.15, 0.2) is 0 Å². The minimum atomic E-state index is -3.84. The molecule has 112 valence electrons. The van der Waals surface area contributed by atoms with Crippen molar-refractivity contribution in [3.05, 3.63) is 52.0 Å². The fraction of sp³-hybridized carbons (Fsp3) is 0.154. The molecule has 21 heavy (non-hydrogen) atoms. The van der Waals surface area contributed by atoms with Crippen molar-refractivity contribution in [2.45, 2.75) is 18.4 Å². The van der Waals surface area contributed by atoms with Gasteiger partial charge in [-0.15, -0.1) is 0 Å². The van der Waals surface area contributed by atoms with Gasteiger partial charge in [-0.1, -0.05) is 0 Å². The number of nitrogen functional groups attached to an aromatic ring is 1. The van der Waals surface area contributed by atoms with Crippen molar-refractivity contribution >= 4 is 31.6 Å². The Bertz CT molecular complexity index is 781. The standard InChI is InChI=1S/C13H13BrFN3O2S/c1-8-2-3-17-6-9(8)7-18-21(19,20)13-4-10(14)11(15)5-12(13)16/h2-6,18H,7,16H2,1H3. The molecule has 0 unspecified atom stereocenters. The van der Waals surface area contributed by atoms with E-state index in [9.17, 15) is 12.8 Å². The number of rotatable bonds is 4. The lowest BCUT2D eigenvalue weighted by Gasteiger charge is -2.11. The Labute approximate surface area is 130 Å². The van der Waals surface area contributed by atoms with Crippen molar-refractivity contribution < 1.29 is 12.8 Å². The Morgan fingerprint density at radius 3 is 2.81 bits per heavy atom. The zero-order chi connectivity index (χ0) is 15.6.